The molecular formula is C21H18F3N3O3S. The maximum atomic E-state index is 12.6. The molecule has 0 aliphatic carbocycles. The van der Waals surface area contributed by atoms with Crippen molar-refractivity contribution in [2.45, 2.75) is 24.9 Å². The minimum Gasteiger partial charge on any atom is -0.507 e. The Balaban J connectivity index is 1.74. The van der Waals surface area contributed by atoms with Crippen LogP contribution in [0.2, 0.25) is 0 Å². The van der Waals surface area contributed by atoms with Crippen LogP contribution < -0.4 is 4.72 Å². The van der Waals surface area contributed by atoms with Crippen molar-refractivity contribution in [1.29, 1.82) is 0 Å². The van der Waals surface area contributed by atoms with E-state index in [-0.39, 0.29) is 16.3 Å². The Morgan fingerprint density at radius 3 is 1.87 bits per heavy atom. The number of sulfonamides is 1. The molecule has 0 atom stereocenters. The van der Waals surface area contributed by atoms with Crippen LogP contribution in [0, 0.1) is 13.8 Å². The average Bonchev–Trinajstić information content (AvgIpc) is 2.70. The summed E-state index contributed by atoms with van der Waals surface area (Å²) in [5.41, 5.74) is 1.39. The van der Waals surface area contributed by atoms with Crippen LogP contribution >= 0.6 is 0 Å². The second-order valence-corrected chi connectivity index (χ2v) is 8.49. The van der Waals surface area contributed by atoms with Gasteiger partial charge in [0, 0.05) is 5.69 Å². The summed E-state index contributed by atoms with van der Waals surface area (Å²) in [6, 6.07) is 12.5. The number of phenolic OH excluding ortho intramolecular Hbond substituents is 1. The molecule has 10 heteroatoms. The second-order valence-electron chi connectivity index (χ2n) is 6.80. The third-order valence-electron chi connectivity index (χ3n) is 4.37. The van der Waals surface area contributed by atoms with Crippen molar-refractivity contribution >= 4 is 27.1 Å². The van der Waals surface area contributed by atoms with Crippen molar-refractivity contribution < 1.29 is 26.7 Å². The standard InChI is InChI=1S/C21H18F3N3O3S/c1-13-11-18(12-14(2)20(13)28)26-25-16-7-9-19(10-8-16)31(29,30)27-17-5-3-15(4-6-17)21(22,23)24/h3-12,27-28H,1-2H3/b26-25+. The summed E-state index contributed by atoms with van der Waals surface area (Å²) in [5.74, 6) is 0.189. The van der Waals surface area contributed by atoms with E-state index in [1.165, 1.54) is 24.3 Å². The maximum Gasteiger partial charge on any atom is 0.416 e. The number of azo groups is 1. The molecule has 0 radical (unpaired) electrons. The highest BCUT2D eigenvalue weighted by Gasteiger charge is 2.30. The molecule has 0 amide bonds. The number of rotatable bonds is 5. The number of nitrogens with one attached hydrogen (secondary N) is 1. The number of alkyl halides is 3. The molecule has 3 aromatic carbocycles. The quantitative estimate of drug-likeness (QED) is 0.452. The number of aromatic hydroxyl groups is 1. The van der Waals surface area contributed by atoms with E-state index >= 15 is 0 Å². The van der Waals surface area contributed by atoms with Crippen molar-refractivity contribution in [3.8, 4) is 5.75 Å². The fourth-order valence-electron chi connectivity index (χ4n) is 2.74. The number of anilines is 1. The number of aryl methyl sites for hydroxylation is 2. The van der Waals surface area contributed by atoms with Gasteiger partial charge in [0.1, 0.15) is 5.75 Å². The number of benzene rings is 3. The van der Waals surface area contributed by atoms with Crippen LogP contribution in [0.4, 0.5) is 30.2 Å². The molecular weight excluding hydrogens is 431 g/mol. The summed E-state index contributed by atoms with van der Waals surface area (Å²) in [7, 11) is -3.99. The Morgan fingerprint density at radius 1 is 0.839 bits per heavy atom. The summed E-state index contributed by atoms with van der Waals surface area (Å²) in [6.07, 6.45) is -4.50. The first-order valence-electron chi connectivity index (χ1n) is 8.98. The largest absolute Gasteiger partial charge is 0.507 e. The normalized spacial score (nSPS) is 12.3. The van der Waals surface area contributed by atoms with Crippen molar-refractivity contribution in [3.05, 3.63) is 77.4 Å². The average molecular weight is 449 g/mol. The molecule has 0 saturated heterocycles. The van der Waals surface area contributed by atoms with E-state index in [1.807, 2.05) is 0 Å². The smallest absolute Gasteiger partial charge is 0.416 e. The summed E-state index contributed by atoms with van der Waals surface area (Å²) in [6.45, 7) is 3.48. The number of halogens is 3. The molecule has 3 rings (SSSR count). The first kappa shape index (κ1) is 22.3. The third kappa shape index (κ3) is 5.40. The van der Waals surface area contributed by atoms with Gasteiger partial charge in [-0.05, 0) is 85.6 Å². The van der Waals surface area contributed by atoms with E-state index in [4.69, 9.17) is 0 Å². The zero-order valence-corrected chi connectivity index (χ0v) is 17.3. The number of nitrogens with zero attached hydrogens (tertiary/aromatic N) is 2. The topological polar surface area (TPSA) is 91.1 Å². The second kappa shape index (κ2) is 8.38. The predicted octanol–water partition coefficient (Wildman–Crippen LogP) is 6.24. The predicted molar refractivity (Wildman–Crippen MR) is 110 cm³/mol. The molecule has 0 aliphatic rings. The zero-order chi connectivity index (χ0) is 22.8. The van der Waals surface area contributed by atoms with E-state index < -0.39 is 21.8 Å². The SMILES string of the molecule is Cc1cc(/N=N/c2ccc(S(=O)(=O)Nc3ccc(C(F)(F)F)cc3)cc2)cc(C)c1O. The molecule has 0 bridgehead atoms. The highest BCUT2D eigenvalue weighted by atomic mass is 32.2. The van der Waals surface area contributed by atoms with Gasteiger partial charge in [-0.2, -0.15) is 23.4 Å². The Bertz CT molecular complexity index is 1200. The molecule has 162 valence electrons. The Morgan fingerprint density at radius 2 is 1.35 bits per heavy atom. The molecule has 0 unspecified atom stereocenters. The van der Waals surface area contributed by atoms with Crippen LogP contribution in [0.3, 0.4) is 0 Å². The Kier molecular flexibility index (Phi) is 6.03. The van der Waals surface area contributed by atoms with Gasteiger partial charge in [-0.1, -0.05) is 0 Å². The lowest BCUT2D eigenvalue weighted by molar-refractivity contribution is -0.137. The van der Waals surface area contributed by atoms with Crippen molar-refractivity contribution in [1.82, 2.24) is 0 Å². The van der Waals surface area contributed by atoms with Gasteiger partial charge < -0.3 is 5.11 Å². The maximum absolute atomic E-state index is 12.6. The van der Waals surface area contributed by atoms with Gasteiger partial charge in [-0.15, -0.1) is 0 Å². The monoisotopic (exact) mass is 449 g/mol. The van der Waals surface area contributed by atoms with Crippen LogP contribution in [0.1, 0.15) is 16.7 Å². The summed E-state index contributed by atoms with van der Waals surface area (Å²) < 4.78 is 65.0. The molecule has 31 heavy (non-hydrogen) atoms. The van der Waals surface area contributed by atoms with Gasteiger partial charge in [0.05, 0.1) is 21.8 Å². The lowest BCUT2D eigenvalue weighted by Gasteiger charge is -2.10. The number of hydrogen-bond donors (Lipinski definition) is 2. The van der Waals surface area contributed by atoms with Crippen LogP contribution in [0.5, 0.6) is 5.75 Å². The van der Waals surface area contributed by atoms with Gasteiger partial charge in [0.15, 0.2) is 0 Å². The number of phenols is 1. The van der Waals surface area contributed by atoms with Gasteiger partial charge in [-0.3, -0.25) is 4.72 Å². The summed E-state index contributed by atoms with van der Waals surface area (Å²) >= 11 is 0. The summed E-state index contributed by atoms with van der Waals surface area (Å²) in [5, 5.41) is 17.9. The third-order valence-corrected chi connectivity index (χ3v) is 5.77. The minimum atomic E-state index is -4.50. The molecule has 6 nitrogen and oxygen atoms in total. The lowest BCUT2D eigenvalue weighted by Crippen LogP contribution is -2.13. The first-order valence-corrected chi connectivity index (χ1v) is 10.5. The van der Waals surface area contributed by atoms with E-state index in [0.29, 0.717) is 22.5 Å². The van der Waals surface area contributed by atoms with E-state index in [1.54, 1.807) is 26.0 Å². The fourth-order valence-corrected chi connectivity index (χ4v) is 3.80. The van der Waals surface area contributed by atoms with E-state index in [2.05, 4.69) is 15.0 Å². The first-order chi connectivity index (χ1) is 14.5. The fraction of sp³-hybridized carbons (Fsp3) is 0.143. The van der Waals surface area contributed by atoms with Crippen molar-refractivity contribution in [3.63, 3.8) is 0 Å². The van der Waals surface area contributed by atoms with Crippen LogP contribution in [0.15, 0.2) is 75.8 Å². The molecule has 0 fully saturated rings. The van der Waals surface area contributed by atoms with E-state index in [9.17, 15) is 26.7 Å². The lowest BCUT2D eigenvalue weighted by atomic mass is 10.1. The van der Waals surface area contributed by atoms with Crippen LogP contribution in [-0.4, -0.2) is 13.5 Å². The molecule has 0 heterocycles. The highest BCUT2D eigenvalue weighted by Crippen LogP contribution is 2.31. The zero-order valence-electron chi connectivity index (χ0n) is 16.5. The van der Waals surface area contributed by atoms with Crippen molar-refractivity contribution in [2.75, 3.05) is 4.72 Å². The number of hydrogen-bond acceptors (Lipinski definition) is 5. The van der Waals surface area contributed by atoms with Gasteiger partial charge in [0.2, 0.25) is 0 Å². The highest BCUT2D eigenvalue weighted by molar-refractivity contribution is 7.92. The molecule has 2 N–H and O–H groups in total. The van der Waals surface area contributed by atoms with Gasteiger partial charge in [-0.25, -0.2) is 8.42 Å². The summed E-state index contributed by atoms with van der Waals surface area (Å²) in [4.78, 5) is -0.0809. The van der Waals surface area contributed by atoms with Crippen LogP contribution in [-0.2, 0) is 16.2 Å². The molecule has 0 aromatic heterocycles. The van der Waals surface area contributed by atoms with E-state index in [0.717, 1.165) is 24.3 Å². The Labute approximate surface area is 177 Å². The van der Waals surface area contributed by atoms with Crippen LogP contribution in [0.25, 0.3) is 0 Å². The minimum absolute atomic E-state index is 0.00911. The molecule has 0 spiro atoms. The Hall–Kier alpha value is -3.40. The molecule has 3 aromatic rings. The molecule has 0 saturated carbocycles. The van der Waals surface area contributed by atoms with Gasteiger partial charge >= 0.3 is 6.18 Å². The van der Waals surface area contributed by atoms with Gasteiger partial charge in [0.25, 0.3) is 10.0 Å². The molecule has 0 aliphatic heterocycles. The van der Waals surface area contributed by atoms with Crippen molar-refractivity contribution in [2.24, 2.45) is 10.2 Å².